The third-order valence-corrected chi connectivity index (χ3v) is 7.12. The highest BCUT2D eigenvalue weighted by atomic mass is 32.2. The Balaban J connectivity index is 1.54. The van der Waals surface area contributed by atoms with Gasteiger partial charge in [0.05, 0.1) is 11.4 Å². The fraction of sp³-hybridized carbons (Fsp3) is 0.400. The molecule has 1 saturated heterocycles. The standard InChI is InChI=1S/C20H26N4O4S2/c1-2-21-19(25)15-23-9-11-24(12-10-23)20(26)16-5-7-18(8-6-16)30(27,28)22-14-17-4-3-13-29-17/h3-8,13,22H,2,9-12,14-15H2,1H3,(H,21,25). The van der Waals surface area contributed by atoms with Gasteiger partial charge in [-0.3, -0.25) is 14.5 Å². The first kappa shape index (κ1) is 22.4. The van der Waals surface area contributed by atoms with Crippen LogP contribution in [0, 0.1) is 0 Å². The normalized spacial score (nSPS) is 15.2. The summed E-state index contributed by atoms with van der Waals surface area (Å²) in [6, 6.07) is 9.73. The molecule has 1 aromatic heterocycles. The minimum Gasteiger partial charge on any atom is -0.355 e. The molecular weight excluding hydrogens is 424 g/mol. The lowest BCUT2D eigenvalue weighted by Gasteiger charge is -2.34. The molecule has 30 heavy (non-hydrogen) atoms. The zero-order valence-corrected chi connectivity index (χ0v) is 18.5. The van der Waals surface area contributed by atoms with Crippen LogP contribution in [0.1, 0.15) is 22.2 Å². The molecule has 10 heteroatoms. The minimum absolute atomic E-state index is 0.0123. The van der Waals surface area contributed by atoms with E-state index in [9.17, 15) is 18.0 Å². The van der Waals surface area contributed by atoms with Crippen LogP contribution in [0.5, 0.6) is 0 Å². The van der Waals surface area contributed by atoms with E-state index in [4.69, 9.17) is 0 Å². The van der Waals surface area contributed by atoms with E-state index in [1.165, 1.54) is 23.5 Å². The smallest absolute Gasteiger partial charge is 0.253 e. The Morgan fingerprint density at radius 2 is 1.77 bits per heavy atom. The molecule has 2 heterocycles. The number of likely N-dealkylation sites (N-methyl/N-ethyl adjacent to an activating group) is 1. The van der Waals surface area contributed by atoms with Crippen molar-refractivity contribution < 1.29 is 18.0 Å². The molecule has 0 radical (unpaired) electrons. The summed E-state index contributed by atoms with van der Waals surface area (Å²) in [5.74, 6) is -0.148. The largest absolute Gasteiger partial charge is 0.355 e. The van der Waals surface area contributed by atoms with E-state index in [2.05, 4.69) is 10.0 Å². The number of carbonyl (C=O) groups excluding carboxylic acids is 2. The molecular formula is C20H26N4O4S2. The number of amides is 2. The highest BCUT2D eigenvalue weighted by molar-refractivity contribution is 7.89. The van der Waals surface area contributed by atoms with Crippen molar-refractivity contribution in [3.05, 3.63) is 52.2 Å². The first-order chi connectivity index (χ1) is 14.4. The minimum atomic E-state index is -3.64. The van der Waals surface area contributed by atoms with E-state index < -0.39 is 10.0 Å². The van der Waals surface area contributed by atoms with Gasteiger partial charge in [-0.25, -0.2) is 13.1 Å². The lowest BCUT2D eigenvalue weighted by molar-refractivity contribution is -0.122. The van der Waals surface area contributed by atoms with Crippen LogP contribution in [0.3, 0.4) is 0 Å². The molecule has 2 N–H and O–H groups in total. The molecule has 2 aromatic rings. The zero-order valence-electron chi connectivity index (χ0n) is 16.8. The van der Waals surface area contributed by atoms with Crippen molar-refractivity contribution in [3.63, 3.8) is 0 Å². The molecule has 0 unspecified atom stereocenters. The molecule has 0 spiro atoms. The van der Waals surface area contributed by atoms with Gasteiger partial charge in [-0.05, 0) is 42.6 Å². The first-order valence-electron chi connectivity index (χ1n) is 9.79. The van der Waals surface area contributed by atoms with E-state index in [0.717, 1.165) is 4.88 Å². The van der Waals surface area contributed by atoms with Crippen molar-refractivity contribution in [2.75, 3.05) is 39.3 Å². The Kier molecular flexibility index (Phi) is 7.59. The van der Waals surface area contributed by atoms with Gasteiger partial charge in [0.25, 0.3) is 5.91 Å². The number of sulfonamides is 1. The summed E-state index contributed by atoms with van der Waals surface area (Å²) in [6.45, 7) is 5.37. The molecule has 0 atom stereocenters. The number of nitrogens with zero attached hydrogens (tertiary/aromatic N) is 2. The average molecular weight is 451 g/mol. The van der Waals surface area contributed by atoms with E-state index in [1.807, 2.05) is 29.3 Å². The van der Waals surface area contributed by atoms with E-state index in [0.29, 0.717) is 44.8 Å². The molecule has 0 aliphatic carbocycles. The second-order valence-electron chi connectivity index (χ2n) is 6.95. The van der Waals surface area contributed by atoms with Crippen LogP contribution >= 0.6 is 11.3 Å². The molecule has 162 valence electrons. The maximum atomic E-state index is 12.7. The maximum Gasteiger partial charge on any atom is 0.253 e. The summed E-state index contributed by atoms with van der Waals surface area (Å²) in [4.78, 5) is 29.2. The van der Waals surface area contributed by atoms with Crippen molar-refractivity contribution >= 4 is 33.2 Å². The number of hydrogen-bond acceptors (Lipinski definition) is 6. The third kappa shape index (κ3) is 5.88. The van der Waals surface area contributed by atoms with E-state index in [-0.39, 0.29) is 23.3 Å². The third-order valence-electron chi connectivity index (χ3n) is 4.83. The summed E-state index contributed by atoms with van der Waals surface area (Å²) in [5.41, 5.74) is 0.449. The van der Waals surface area contributed by atoms with E-state index >= 15 is 0 Å². The predicted molar refractivity (Wildman–Crippen MR) is 116 cm³/mol. The number of nitrogens with one attached hydrogen (secondary N) is 2. The molecule has 1 aromatic carbocycles. The Labute approximate surface area is 180 Å². The zero-order chi connectivity index (χ0) is 21.6. The lowest BCUT2D eigenvalue weighted by Crippen LogP contribution is -2.51. The van der Waals surface area contributed by atoms with Gasteiger partial charge in [-0.1, -0.05) is 6.07 Å². The molecule has 3 rings (SSSR count). The van der Waals surface area contributed by atoms with Gasteiger partial charge in [-0.2, -0.15) is 0 Å². The topological polar surface area (TPSA) is 98.8 Å². The lowest BCUT2D eigenvalue weighted by atomic mass is 10.2. The van der Waals surface area contributed by atoms with Crippen LogP contribution in [0.15, 0.2) is 46.7 Å². The van der Waals surface area contributed by atoms with Crippen molar-refractivity contribution in [3.8, 4) is 0 Å². The number of rotatable bonds is 8. The highest BCUT2D eigenvalue weighted by Gasteiger charge is 2.23. The van der Waals surface area contributed by atoms with Gasteiger partial charge in [0, 0.05) is 49.7 Å². The van der Waals surface area contributed by atoms with Gasteiger partial charge < -0.3 is 10.2 Å². The Morgan fingerprint density at radius 1 is 1.07 bits per heavy atom. The number of thiophene rings is 1. The number of hydrogen-bond donors (Lipinski definition) is 2. The fourth-order valence-electron chi connectivity index (χ4n) is 3.19. The first-order valence-corrected chi connectivity index (χ1v) is 12.2. The molecule has 0 bridgehead atoms. The van der Waals surface area contributed by atoms with Gasteiger partial charge in [0.1, 0.15) is 0 Å². The molecule has 2 amide bonds. The summed E-state index contributed by atoms with van der Waals surface area (Å²) < 4.78 is 27.5. The molecule has 0 saturated carbocycles. The SMILES string of the molecule is CCNC(=O)CN1CCN(C(=O)c2ccc(S(=O)(=O)NCc3cccs3)cc2)CC1. The Bertz CT molecular complexity index is 951. The summed E-state index contributed by atoms with van der Waals surface area (Å²) in [6.07, 6.45) is 0. The second kappa shape index (κ2) is 10.2. The van der Waals surface area contributed by atoms with Crippen LogP contribution < -0.4 is 10.0 Å². The molecule has 1 aliphatic rings. The average Bonchev–Trinajstić information content (AvgIpc) is 3.26. The Morgan fingerprint density at radius 3 is 2.37 bits per heavy atom. The van der Waals surface area contributed by atoms with Crippen LogP contribution in [0.2, 0.25) is 0 Å². The summed E-state index contributed by atoms with van der Waals surface area (Å²) in [7, 11) is -3.64. The van der Waals surface area contributed by atoms with Crippen LogP contribution in [-0.2, 0) is 21.4 Å². The van der Waals surface area contributed by atoms with Gasteiger partial charge in [0.2, 0.25) is 15.9 Å². The molecule has 8 nitrogen and oxygen atoms in total. The van der Waals surface area contributed by atoms with Crippen molar-refractivity contribution in [2.24, 2.45) is 0 Å². The number of piperazine rings is 1. The van der Waals surface area contributed by atoms with Crippen LogP contribution in [0.4, 0.5) is 0 Å². The molecule has 1 fully saturated rings. The van der Waals surface area contributed by atoms with Crippen LogP contribution in [0.25, 0.3) is 0 Å². The van der Waals surface area contributed by atoms with Crippen molar-refractivity contribution in [1.82, 2.24) is 19.8 Å². The predicted octanol–water partition coefficient (Wildman–Crippen LogP) is 1.12. The van der Waals surface area contributed by atoms with Crippen molar-refractivity contribution in [2.45, 2.75) is 18.4 Å². The Hall–Kier alpha value is -2.27. The number of carbonyl (C=O) groups is 2. The quantitative estimate of drug-likeness (QED) is 0.628. The second-order valence-corrected chi connectivity index (χ2v) is 9.75. The monoisotopic (exact) mass is 450 g/mol. The summed E-state index contributed by atoms with van der Waals surface area (Å²) >= 11 is 1.48. The van der Waals surface area contributed by atoms with Crippen LogP contribution in [-0.4, -0.2) is 69.3 Å². The van der Waals surface area contributed by atoms with Gasteiger partial charge >= 0.3 is 0 Å². The van der Waals surface area contributed by atoms with E-state index in [1.54, 1.807) is 17.0 Å². The van der Waals surface area contributed by atoms with Gasteiger partial charge in [-0.15, -0.1) is 11.3 Å². The highest BCUT2D eigenvalue weighted by Crippen LogP contribution is 2.15. The van der Waals surface area contributed by atoms with Crippen molar-refractivity contribution in [1.29, 1.82) is 0 Å². The maximum absolute atomic E-state index is 12.7. The van der Waals surface area contributed by atoms with Gasteiger partial charge in [0.15, 0.2) is 0 Å². The summed E-state index contributed by atoms with van der Waals surface area (Å²) in [5, 5.41) is 4.66. The molecule has 1 aliphatic heterocycles. The number of benzene rings is 1. The fourth-order valence-corrected chi connectivity index (χ4v) is 4.93.